The van der Waals surface area contributed by atoms with Crippen molar-refractivity contribution < 1.29 is 4.79 Å². The van der Waals surface area contributed by atoms with Gasteiger partial charge in [0.2, 0.25) is 0 Å². The molecule has 0 spiro atoms. The summed E-state index contributed by atoms with van der Waals surface area (Å²) in [4.78, 5) is 15.0. The zero-order valence-corrected chi connectivity index (χ0v) is 14.2. The van der Waals surface area contributed by atoms with Crippen molar-refractivity contribution in [1.29, 1.82) is 0 Å². The second-order valence-electron chi connectivity index (χ2n) is 6.17. The fourth-order valence-corrected chi connectivity index (χ4v) is 2.81. The van der Waals surface area contributed by atoms with Crippen molar-refractivity contribution in [3.05, 3.63) is 18.0 Å². The van der Waals surface area contributed by atoms with E-state index in [0.29, 0.717) is 17.6 Å². The summed E-state index contributed by atoms with van der Waals surface area (Å²) < 4.78 is 1.99. The normalized spacial score (nSPS) is 11.4. The van der Waals surface area contributed by atoms with Crippen LogP contribution in [0.15, 0.2) is 12.3 Å². The molecule has 0 unspecified atom stereocenters. The van der Waals surface area contributed by atoms with Crippen LogP contribution in [-0.2, 0) is 6.54 Å². The van der Waals surface area contributed by atoms with Crippen LogP contribution in [0.3, 0.4) is 0 Å². The monoisotopic (exact) mass is 293 g/mol. The third-order valence-corrected chi connectivity index (χ3v) is 3.81. The number of carbonyl (C=O) groups excluding carboxylic acids is 1. The van der Waals surface area contributed by atoms with Crippen LogP contribution in [0.2, 0.25) is 0 Å². The lowest BCUT2D eigenvalue weighted by Gasteiger charge is -2.32. The predicted molar refractivity (Wildman–Crippen MR) is 89.4 cm³/mol. The first kappa shape index (κ1) is 17.6. The Hall–Kier alpha value is -1.45. The van der Waals surface area contributed by atoms with E-state index < -0.39 is 0 Å². The van der Waals surface area contributed by atoms with Gasteiger partial charge in [-0.05, 0) is 31.2 Å². The largest absolute Gasteiger partial charge is 0.397 e. The number of hydrogen-bond donors (Lipinski definition) is 1. The van der Waals surface area contributed by atoms with Crippen LogP contribution in [0.4, 0.5) is 5.69 Å². The van der Waals surface area contributed by atoms with Crippen molar-refractivity contribution in [2.75, 3.05) is 12.3 Å². The summed E-state index contributed by atoms with van der Waals surface area (Å²) in [5.74, 6) is 0.573. The summed E-state index contributed by atoms with van der Waals surface area (Å²) >= 11 is 0. The summed E-state index contributed by atoms with van der Waals surface area (Å²) in [5.41, 5.74) is 7.29. The molecule has 21 heavy (non-hydrogen) atoms. The molecule has 0 bridgehead atoms. The number of carbonyl (C=O) groups is 1. The first-order valence-electron chi connectivity index (χ1n) is 8.21. The van der Waals surface area contributed by atoms with Crippen molar-refractivity contribution in [3.8, 4) is 0 Å². The van der Waals surface area contributed by atoms with Gasteiger partial charge in [0.05, 0.1) is 5.69 Å². The lowest BCUT2D eigenvalue weighted by Crippen LogP contribution is -2.42. The first-order chi connectivity index (χ1) is 9.94. The van der Waals surface area contributed by atoms with E-state index in [2.05, 4.69) is 34.6 Å². The average molecular weight is 293 g/mol. The molecular formula is C17H31N3O. The molecule has 1 aromatic rings. The van der Waals surface area contributed by atoms with E-state index in [1.165, 1.54) is 0 Å². The van der Waals surface area contributed by atoms with Crippen LogP contribution in [0.25, 0.3) is 0 Å². The van der Waals surface area contributed by atoms with Gasteiger partial charge in [0, 0.05) is 25.3 Å². The lowest BCUT2D eigenvalue weighted by atomic mass is 10.1. The Kier molecular flexibility index (Phi) is 6.79. The second kappa shape index (κ2) is 8.11. The topological polar surface area (TPSA) is 51.3 Å². The van der Waals surface area contributed by atoms with Crippen LogP contribution in [0, 0.1) is 5.92 Å². The summed E-state index contributed by atoms with van der Waals surface area (Å²) in [7, 11) is 0. The van der Waals surface area contributed by atoms with Gasteiger partial charge in [-0.3, -0.25) is 4.79 Å². The summed E-state index contributed by atoms with van der Waals surface area (Å²) in [6.45, 7) is 12.3. The minimum absolute atomic E-state index is 0.113. The highest BCUT2D eigenvalue weighted by Gasteiger charge is 2.25. The molecule has 1 heterocycles. The molecule has 0 aliphatic heterocycles. The van der Waals surface area contributed by atoms with E-state index >= 15 is 0 Å². The van der Waals surface area contributed by atoms with Crippen LogP contribution >= 0.6 is 0 Å². The molecule has 120 valence electrons. The molecule has 0 aliphatic rings. The summed E-state index contributed by atoms with van der Waals surface area (Å²) in [6, 6.07) is 2.11. The second-order valence-corrected chi connectivity index (χ2v) is 6.17. The van der Waals surface area contributed by atoms with Gasteiger partial charge in [-0.15, -0.1) is 0 Å². The fraction of sp³-hybridized carbons (Fsp3) is 0.706. The first-order valence-corrected chi connectivity index (χ1v) is 8.21. The number of aromatic nitrogens is 1. The SMILES string of the molecule is CCCn1cc(N)cc1C(=O)N(CC(C)C)C(CC)CC. The van der Waals surface area contributed by atoms with Gasteiger partial charge < -0.3 is 15.2 Å². The molecule has 4 heteroatoms. The Bertz CT molecular complexity index is 447. The molecule has 0 radical (unpaired) electrons. The molecule has 2 N–H and O–H groups in total. The van der Waals surface area contributed by atoms with Gasteiger partial charge in [0.1, 0.15) is 5.69 Å². The molecule has 1 aromatic heterocycles. The highest BCUT2D eigenvalue weighted by atomic mass is 16.2. The minimum atomic E-state index is 0.113. The van der Waals surface area contributed by atoms with E-state index in [9.17, 15) is 4.79 Å². The molecule has 4 nitrogen and oxygen atoms in total. The van der Waals surface area contributed by atoms with Crippen LogP contribution in [0.5, 0.6) is 0 Å². The van der Waals surface area contributed by atoms with Crippen LogP contribution < -0.4 is 5.73 Å². The number of nitrogen functional groups attached to an aromatic ring is 1. The van der Waals surface area contributed by atoms with Gasteiger partial charge in [0.15, 0.2) is 0 Å². The molecule has 0 aromatic carbocycles. The van der Waals surface area contributed by atoms with Crippen molar-refractivity contribution in [2.24, 2.45) is 5.92 Å². The van der Waals surface area contributed by atoms with Crippen molar-refractivity contribution in [2.45, 2.75) is 66.5 Å². The Balaban J connectivity index is 3.09. The molecule has 0 atom stereocenters. The van der Waals surface area contributed by atoms with Crippen molar-refractivity contribution >= 4 is 11.6 Å². The Morgan fingerprint density at radius 3 is 2.38 bits per heavy atom. The number of nitrogens with two attached hydrogens (primary N) is 1. The molecule has 1 amide bonds. The molecule has 0 saturated heterocycles. The third kappa shape index (κ3) is 4.51. The molecular weight excluding hydrogens is 262 g/mol. The molecule has 0 saturated carbocycles. The van der Waals surface area contributed by atoms with E-state index in [-0.39, 0.29) is 5.91 Å². The van der Waals surface area contributed by atoms with Crippen LogP contribution in [-0.4, -0.2) is 28.0 Å². The van der Waals surface area contributed by atoms with Gasteiger partial charge in [-0.25, -0.2) is 0 Å². The quantitative estimate of drug-likeness (QED) is 0.793. The van der Waals surface area contributed by atoms with E-state index in [0.717, 1.165) is 38.0 Å². The smallest absolute Gasteiger partial charge is 0.270 e. The van der Waals surface area contributed by atoms with Crippen LogP contribution in [0.1, 0.15) is 64.4 Å². The third-order valence-electron chi connectivity index (χ3n) is 3.81. The number of aryl methyl sites for hydroxylation is 1. The number of hydrogen-bond acceptors (Lipinski definition) is 2. The Morgan fingerprint density at radius 2 is 1.90 bits per heavy atom. The predicted octanol–water partition coefficient (Wildman–Crippen LogP) is 3.77. The number of anilines is 1. The average Bonchev–Trinajstić information content (AvgIpc) is 2.79. The van der Waals surface area contributed by atoms with E-state index in [4.69, 9.17) is 5.73 Å². The number of rotatable bonds is 8. The minimum Gasteiger partial charge on any atom is -0.397 e. The maximum atomic E-state index is 13.0. The zero-order valence-electron chi connectivity index (χ0n) is 14.2. The van der Waals surface area contributed by atoms with Gasteiger partial charge in [-0.1, -0.05) is 34.6 Å². The summed E-state index contributed by atoms with van der Waals surface area (Å²) in [5, 5.41) is 0. The molecule has 0 aliphatic carbocycles. The molecule has 1 rings (SSSR count). The number of nitrogens with zero attached hydrogens (tertiary/aromatic N) is 2. The Labute approximate surface area is 129 Å². The van der Waals surface area contributed by atoms with E-state index in [1.54, 1.807) is 0 Å². The lowest BCUT2D eigenvalue weighted by molar-refractivity contribution is 0.0629. The summed E-state index contributed by atoms with van der Waals surface area (Å²) in [6.07, 6.45) is 4.83. The maximum Gasteiger partial charge on any atom is 0.270 e. The highest BCUT2D eigenvalue weighted by molar-refractivity contribution is 5.94. The zero-order chi connectivity index (χ0) is 16.0. The maximum absolute atomic E-state index is 13.0. The van der Waals surface area contributed by atoms with Gasteiger partial charge in [-0.2, -0.15) is 0 Å². The highest BCUT2D eigenvalue weighted by Crippen LogP contribution is 2.19. The van der Waals surface area contributed by atoms with Crippen molar-refractivity contribution in [1.82, 2.24) is 9.47 Å². The fourth-order valence-electron chi connectivity index (χ4n) is 2.81. The van der Waals surface area contributed by atoms with E-state index in [1.807, 2.05) is 21.7 Å². The van der Waals surface area contributed by atoms with Gasteiger partial charge >= 0.3 is 0 Å². The standard InChI is InChI=1S/C17H31N3O/c1-6-9-19-12-14(18)10-16(19)17(21)20(11-13(4)5)15(7-2)8-3/h10,12-13,15H,6-9,11,18H2,1-5H3. The Morgan fingerprint density at radius 1 is 1.29 bits per heavy atom. The van der Waals surface area contributed by atoms with Crippen molar-refractivity contribution in [3.63, 3.8) is 0 Å². The molecule has 0 fully saturated rings. The number of amides is 1. The van der Waals surface area contributed by atoms with Gasteiger partial charge in [0.25, 0.3) is 5.91 Å².